The lowest BCUT2D eigenvalue weighted by molar-refractivity contribution is -0.125. The van der Waals surface area contributed by atoms with Crippen molar-refractivity contribution < 1.29 is 14.3 Å². The Morgan fingerprint density at radius 2 is 1.83 bits per heavy atom. The predicted octanol–water partition coefficient (Wildman–Crippen LogP) is 3.50. The van der Waals surface area contributed by atoms with E-state index in [1.54, 1.807) is 0 Å². The number of hydrogen-bond donors (Lipinski definition) is 3. The normalized spacial score (nSPS) is 17.7. The highest BCUT2D eigenvalue weighted by atomic mass is 16.5. The number of H-pyrrole nitrogens is 1. The van der Waals surface area contributed by atoms with E-state index in [0.29, 0.717) is 25.3 Å². The highest BCUT2D eigenvalue weighted by Crippen LogP contribution is 2.39. The third-order valence-corrected chi connectivity index (χ3v) is 5.27. The van der Waals surface area contributed by atoms with E-state index in [4.69, 9.17) is 4.74 Å². The van der Waals surface area contributed by atoms with Crippen molar-refractivity contribution in [3.05, 3.63) is 60.3 Å². The number of carbonyl (C=O) groups is 2. The van der Waals surface area contributed by atoms with Crippen LogP contribution in [0.5, 0.6) is 5.75 Å². The van der Waals surface area contributed by atoms with Crippen molar-refractivity contribution in [3.8, 4) is 5.75 Å². The molecule has 1 aromatic heterocycles. The van der Waals surface area contributed by atoms with E-state index in [0.717, 1.165) is 17.7 Å². The summed E-state index contributed by atoms with van der Waals surface area (Å²) in [6.07, 6.45) is 3.34. The quantitative estimate of drug-likeness (QED) is 0.550. The number of carbonyl (C=O) groups excluding carboxylic acids is 2. The molecule has 1 heterocycles. The van der Waals surface area contributed by atoms with Crippen LogP contribution in [-0.2, 0) is 16.0 Å². The van der Waals surface area contributed by atoms with E-state index < -0.39 is 0 Å². The first-order valence-electron chi connectivity index (χ1n) is 10.0. The molecule has 150 valence electrons. The topological polar surface area (TPSA) is 83.2 Å². The van der Waals surface area contributed by atoms with Gasteiger partial charge in [-0.05, 0) is 55.7 Å². The van der Waals surface area contributed by atoms with Crippen LogP contribution >= 0.6 is 0 Å². The van der Waals surface area contributed by atoms with Crippen LogP contribution < -0.4 is 15.4 Å². The molecule has 1 fully saturated rings. The molecular formula is C23H25N3O3. The molecule has 0 saturated heterocycles. The van der Waals surface area contributed by atoms with Gasteiger partial charge in [0.05, 0.1) is 18.4 Å². The van der Waals surface area contributed by atoms with Gasteiger partial charge in [0.25, 0.3) is 0 Å². The molecule has 1 aliphatic rings. The second-order valence-electron chi connectivity index (χ2n) is 7.30. The maximum Gasteiger partial charge on any atom is 0.228 e. The van der Waals surface area contributed by atoms with Crippen LogP contribution in [0.2, 0.25) is 0 Å². The highest BCUT2D eigenvalue weighted by molar-refractivity contribution is 5.99. The van der Waals surface area contributed by atoms with Gasteiger partial charge in [0.15, 0.2) is 0 Å². The van der Waals surface area contributed by atoms with Gasteiger partial charge in [-0.1, -0.05) is 18.2 Å². The van der Waals surface area contributed by atoms with E-state index in [9.17, 15) is 9.59 Å². The van der Waals surface area contributed by atoms with Crippen LogP contribution in [0, 0.1) is 11.8 Å². The van der Waals surface area contributed by atoms with Crippen LogP contribution in [-0.4, -0.2) is 29.9 Å². The molecule has 3 N–H and O–H groups in total. The number of amides is 2. The summed E-state index contributed by atoms with van der Waals surface area (Å²) in [6.45, 7) is 3.09. The van der Waals surface area contributed by atoms with Crippen molar-refractivity contribution in [2.75, 3.05) is 18.5 Å². The van der Waals surface area contributed by atoms with Crippen molar-refractivity contribution in [1.82, 2.24) is 10.3 Å². The van der Waals surface area contributed by atoms with Crippen molar-refractivity contribution in [1.29, 1.82) is 0 Å². The van der Waals surface area contributed by atoms with E-state index in [-0.39, 0.29) is 23.7 Å². The minimum atomic E-state index is -0.255. The molecule has 0 bridgehead atoms. The molecule has 0 spiro atoms. The van der Waals surface area contributed by atoms with Crippen LogP contribution in [0.25, 0.3) is 10.9 Å². The maximum atomic E-state index is 12.4. The Morgan fingerprint density at radius 1 is 1.07 bits per heavy atom. The summed E-state index contributed by atoms with van der Waals surface area (Å²) >= 11 is 0. The van der Waals surface area contributed by atoms with Crippen LogP contribution in [0.3, 0.4) is 0 Å². The number of ether oxygens (including phenoxy) is 1. The predicted molar refractivity (Wildman–Crippen MR) is 113 cm³/mol. The Balaban J connectivity index is 1.23. The van der Waals surface area contributed by atoms with Gasteiger partial charge in [-0.2, -0.15) is 0 Å². The Bertz CT molecular complexity index is 1010. The zero-order valence-corrected chi connectivity index (χ0v) is 16.4. The number of rotatable bonds is 8. The van der Waals surface area contributed by atoms with Crippen LogP contribution in [0.1, 0.15) is 18.9 Å². The maximum absolute atomic E-state index is 12.4. The van der Waals surface area contributed by atoms with Gasteiger partial charge >= 0.3 is 0 Å². The fourth-order valence-electron chi connectivity index (χ4n) is 3.60. The van der Waals surface area contributed by atoms with Gasteiger partial charge in [-0.15, -0.1) is 0 Å². The first kappa shape index (κ1) is 19.1. The lowest BCUT2D eigenvalue weighted by Crippen LogP contribution is -2.29. The molecule has 1 aliphatic carbocycles. The number of nitrogens with one attached hydrogen (secondary N) is 3. The molecule has 0 radical (unpaired) electrons. The average molecular weight is 391 g/mol. The van der Waals surface area contributed by atoms with Crippen LogP contribution in [0.15, 0.2) is 54.7 Å². The van der Waals surface area contributed by atoms with E-state index in [1.165, 1.54) is 10.9 Å². The largest absolute Gasteiger partial charge is 0.494 e. The fourth-order valence-corrected chi connectivity index (χ4v) is 3.60. The zero-order chi connectivity index (χ0) is 20.2. The summed E-state index contributed by atoms with van der Waals surface area (Å²) in [5, 5.41) is 7.03. The standard InChI is InChI=1S/C23H25N3O3/c1-2-29-17-9-7-16(8-10-17)26-23(28)20-13-19(20)22(27)24-12-11-15-14-25-21-6-4-3-5-18(15)21/h3-10,14,19-20,25H,2,11-13H2,1H3,(H,24,27)(H,26,28). The summed E-state index contributed by atoms with van der Waals surface area (Å²) in [7, 11) is 0. The molecule has 1 saturated carbocycles. The molecule has 0 aliphatic heterocycles. The molecule has 29 heavy (non-hydrogen) atoms. The highest BCUT2D eigenvalue weighted by Gasteiger charge is 2.47. The summed E-state index contributed by atoms with van der Waals surface area (Å²) in [5.74, 6) is 0.127. The molecule has 6 heteroatoms. The molecular weight excluding hydrogens is 366 g/mol. The summed E-state index contributed by atoms with van der Waals surface area (Å²) in [6, 6.07) is 15.4. The number of benzene rings is 2. The number of para-hydroxylation sites is 1. The van der Waals surface area contributed by atoms with Crippen molar-refractivity contribution >= 4 is 28.4 Å². The van der Waals surface area contributed by atoms with Crippen molar-refractivity contribution in [3.63, 3.8) is 0 Å². The van der Waals surface area contributed by atoms with Gasteiger partial charge in [-0.3, -0.25) is 9.59 Å². The monoisotopic (exact) mass is 391 g/mol. The summed E-state index contributed by atoms with van der Waals surface area (Å²) in [5.41, 5.74) is 2.99. The zero-order valence-electron chi connectivity index (χ0n) is 16.4. The molecule has 4 rings (SSSR count). The van der Waals surface area contributed by atoms with Crippen molar-refractivity contribution in [2.24, 2.45) is 11.8 Å². The smallest absolute Gasteiger partial charge is 0.228 e. The number of aromatic nitrogens is 1. The second kappa shape index (κ2) is 8.39. The van der Waals surface area contributed by atoms with E-state index >= 15 is 0 Å². The Labute approximate surface area is 169 Å². The van der Waals surface area contributed by atoms with Gasteiger partial charge in [-0.25, -0.2) is 0 Å². The molecule has 2 unspecified atom stereocenters. The minimum absolute atomic E-state index is 0.0447. The third kappa shape index (κ3) is 4.42. The lowest BCUT2D eigenvalue weighted by atomic mass is 10.1. The number of aromatic amines is 1. The second-order valence-corrected chi connectivity index (χ2v) is 7.30. The van der Waals surface area contributed by atoms with Gasteiger partial charge < -0.3 is 20.4 Å². The molecule has 2 amide bonds. The molecule has 3 aromatic rings. The first-order chi connectivity index (χ1) is 14.2. The van der Waals surface area contributed by atoms with Gasteiger partial charge in [0.1, 0.15) is 5.75 Å². The Hall–Kier alpha value is -3.28. The van der Waals surface area contributed by atoms with Crippen LogP contribution in [0.4, 0.5) is 5.69 Å². The SMILES string of the molecule is CCOc1ccc(NC(=O)C2CC2C(=O)NCCc2c[nH]c3ccccc23)cc1. The molecule has 2 aromatic carbocycles. The van der Waals surface area contributed by atoms with Gasteiger partial charge in [0.2, 0.25) is 11.8 Å². The number of fused-ring (bicyclic) bond motifs is 1. The fraction of sp³-hybridized carbons (Fsp3) is 0.304. The summed E-state index contributed by atoms with van der Waals surface area (Å²) < 4.78 is 5.39. The van der Waals surface area contributed by atoms with E-state index in [2.05, 4.69) is 21.7 Å². The lowest BCUT2D eigenvalue weighted by Gasteiger charge is -2.07. The third-order valence-electron chi connectivity index (χ3n) is 5.27. The molecule has 6 nitrogen and oxygen atoms in total. The Kier molecular flexibility index (Phi) is 5.51. The number of anilines is 1. The number of hydrogen-bond acceptors (Lipinski definition) is 3. The van der Waals surface area contributed by atoms with E-state index in [1.807, 2.05) is 55.6 Å². The van der Waals surface area contributed by atoms with Crippen molar-refractivity contribution in [2.45, 2.75) is 19.8 Å². The minimum Gasteiger partial charge on any atom is -0.494 e. The Morgan fingerprint density at radius 3 is 2.62 bits per heavy atom. The summed E-state index contributed by atoms with van der Waals surface area (Å²) in [4.78, 5) is 28.0. The average Bonchev–Trinajstić information content (AvgIpc) is 3.45. The molecule has 2 atom stereocenters. The first-order valence-corrected chi connectivity index (χ1v) is 10.0. The van der Waals surface area contributed by atoms with Gasteiger partial charge in [0, 0.05) is 29.3 Å².